The third-order valence-corrected chi connectivity index (χ3v) is 5.41. The first kappa shape index (κ1) is 17.0. The van der Waals surface area contributed by atoms with Crippen LogP contribution < -0.4 is 5.32 Å². The summed E-state index contributed by atoms with van der Waals surface area (Å²) in [6.45, 7) is 4.03. The molecule has 0 unspecified atom stereocenters. The molecular formula is C20H21N3O2S. The first-order valence-corrected chi connectivity index (χ1v) is 9.69. The van der Waals surface area contributed by atoms with E-state index in [2.05, 4.69) is 27.3 Å². The van der Waals surface area contributed by atoms with Crippen LogP contribution >= 0.6 is 11.3 Å². The molecule has 1 saturated heterocycles. The van der Waals surface area contributed by atoms with E-state index in [0.29, 0.717) is 25.4 Å². The molecule has 1 N–H and O–H groups in total. The minimum absolute atomic E-state index is 0.0827. The predicted octanol–water partition coefficient (Wildman–Crippen LogP) is 3.25. The molecule has 1 amide bonds. The number of oxazole rings is 1. The minimum Gasteiger partial charge on any atom is -0.441 e. The van der Waals surface area contributed by atoms with Crippen LogP contribution in [0.15, 0.2) is 51.6 Å². The molecule has 1 fully saturated rings. The quantitative estimate of drug-likeness (QED) is 0.752. The van der Waals surface area contributed by atoms with Gasteiger partial charge in [0.1, 0.15) is 5.76 Å². The van der Waals surface area contributed by atoms with Gasteiger partial charge in [-0.25, -0.2) is 4.98 Å². The molecule has 0 bridgehead atoms. The molecule has 26 heavy (non-hydrogen) atoms. The van der Waals surface area contributed by atoms with Crippen molar-refractivity contribution in [2.45, 2.75) is 25.9 Å². The zero-order valence-corrected chi connectivity index (χ0v) is 15.5. The molecule has 4 rings (SSSR count). The lowest BCUT2D eigenvalue weighted by atomic mass is 10.0. The summed E-state index contributed by atoms with van der Waals surface area (Å²) in [5.41, 5.74) is 3.07. The SMILES string of the molecule is Cc1oc(-c2ccsc2)nc1CN1CCNC(=O)[C@H]1Cc1ccccc1. The van der Waals surface area contributed by atoms with Crippen LogP contribution in [0.2, 0.25) is 0 Å². The van der Waals surface area contributed by atoms with Crippen LogP contribution in [-0.2, 0) is 17.8 Å². The van der Waals surface area contributed by atoms with Crippen LogP contribution in [0.25, 0.3) is 11.5 Å². The van der Waals surface area contributed by atoms with E-state index in [1.165, 1.54) is 0 Å². The predicted molar refractivity (Wildman–Crippen MR) is 102 cm³/mol. The maximum Gasteiger partial charge on any atom is 0.237 e. The molecule has 3 heterocycles. The number of aryl methyl sites for hydroxylation is 1. The molecule has 1 atom stereocenters. The van der Waals surface area contributed by atoms with E-state index < -0.39 is 0 Å². The lowest BCUT2D eigenvalue weighted by molar-refractivity contribution is -0.129. The van der Waals surface area contributed by atoms with Gasteiger partial charge in [0.25, 0.3) is 0 Å². The highest BCUT2D eigenvalue weighted by Crippen LogP contribution is 2.25. The van der Waals surface area contributed by atoms with E-state index in [4.69, 9.17) is 4.42 Å². The van der Waals surface area contributed by atoms with E-state index in [1.807, 2.05) is 41.9 Å². The van der Waals surface area contributed by atoms with Crippen LogP contribution in [0.3, 0.4) is 0 Å². The van der Waals surface area contributed by atoms with Gasteiger partial charge in [0, 0.05) is 30.6 Å². The Labute approximate surface area is 156 Å². The molecule has 6 heteroatoms. The zero-order valence-electron chi connectivity index (χ0n) is 14.6. The van der Waals surface area contributed by atoms with Crippen LogP contribution in [0.4, 0.5) is 0 Å². The Hall–Kier alpha value is -2.44. The Kier molecular flexibility index (Phi) is 4.86. The van der Waals surface area contributed by atoms with Gasteiger partial charge in [0.2, 0.25) is 11.8 Å². The summed E-state index contributed by atoms with van der Waals surface area (Å²) >= 11 is 1.62. The van der Waals surface area contributed by atoms with Gasteiger partial charge in [-0.3, -0.25) is 9.69 Å². The maximum absolute atomic E-state index is 12.5. The number of hydrogen-bond donors (Lipinski definition) is 1. The van der Waals surface area contributed by atoms with Crippen LogP contribution in [0.1, 0.15) is 17.0 Å². The largest absolute Gasteiger partial charge is 0.441 e. The van der Waals surface area contributed by atoms with Gasteiger partial charge in [-0.2, -0.15) is 11.3 Å². The van der Waals surface area contributed by atoms with Crippen molar-refractivity contribution in [2.24, 2.45) is 0 Å². The maximum atomic E-state index is 12.5. The van der Waals surface area contributed by atoms with E-state index in [1.54, 1.807) is 11.3 Å². The number of carbonyl (C=O) groups is 1. The minimum atomic E-state index is -0.188. The van der Waals surface area contributed by atoms with E-state index in [0.717, 1.165) is 29.1 Å². The van der Waals surface area contributed by atoms with E-state index in [-0.39, 0.29) is 11.9 Å². The molecular weight excluding hydrogens is 346 g/mol. The number of thiophene rings is 1. The van der Waals surface area contributed by atoms with Crippen molar-refractivity contribution in [3.63, 3.8) is 0 Å². The van der Waals surface area contributed by atoms with E-state index >= 15 is 0 Å². The number of aromatic nitrogens is 1. The zero-order chi connectivity index (χ0) is 17.9. The third-order valence-electron chi connectivity index (χ3n) is 4.73. The van der Waals surface area contributed by atoms with Gasteiger partial charge in [0.05, 0.1) is 11.7 Å². The Balaban J connectivity index is 1.54. The molecule has 134 valence electrons. The standard InChI is InChI=1S/C20H21N3O2S/c1-14-17(22-20(25-14)16-7-10-26-13-16)12-23-9-8-21-19(24)18(23)11-15-5-3-2-4-6-15/h2-7,10,13,18H,8-9,11-12H2,1H3,(H,21,24)/t18-/m1/s1. The van der Waals surface area contributed by atoms with Gasteiger partial charge in [-0.1, -0.05) is 30.3 Å². The number of amides is 1. The molecule has 5 nitrogen and oxygen atoms in total. The number of hydrogen-bond acceptors (Lipinski definition) is 5. The summed E-state index contributed by atoms with van der Waals surface area (Å²) in [7, 11) is 0. The van der Waals surface area contributed by atoms with Crippen molar-refractivity contribution in [2.75, 3.05) is 13.1 Å². The van der Waals surface area contributed by atoms with E-state index in [9.17, 15) is 4.79 Å². The Bertz CT molecular complexity index is 874. The number of piperazine rings is 1. The molecule has 0 spiro atoms. The summed E-state index contributed by atoms with van der Waals surface area (Å²) in [5, 5.41) is 7.03. The topological polar surface area (TPSA) is 58.4 Å². The van der Waals surface area contributed by atoms with Gasteiger partial charge in [-0.05, 0) is 30.4 Å². The summed E-state index contributed by atoms with van der Waals surface area (Å²) in [6.07, 6.45) is 0.695. The highest BCUT2D eigenvalue weighted by Gasteiger charge is 2.31. The smallest absolute Gasteiger partial charge is 0.237 e. The molecule has 0 radical (unpaired) electrons. The van der Waals surface area contributed by atoms with Crippen molar-refractivity contribution in [3.05, 3.63) is 64.2 Å². The molecule has 0 saturated carbocycles. The van der Waals surface area contributed by atoms with Crippen LogP contribution in [0.5, 0.6) is 0 Å². The van der Waals surface area contributed by atoms with Gasteiger partial charge in [0.15, 0.2) is 0 Å². The second kappa shape index (κ2) is 7.43. The summed E-state index contributed by atoms with van der Waals surface area (Å²) < 4.78 is 5.85. The van der Waals surface area contributed by atoms with Gasteiger partial charge < -0.3 is 9.73 Å². The van der Waals surface area contributed by atoms with Gasteiger partial charge >= 0.3 is 0 Å². The fraction of sp³-hybridized carbons (Fsp3) is 0.300. The highest BCUT2D eigenvalue weighted by molar-refractivity contribution is 7.08. The first-order chi connectivity index (χ1) is 12.7. The Morgan fingerprint density at radius 1 is 1.31 bits per heavy atom. The molecule has 0 aliphatic carbocycles. The molecule has 1 aliphatic rings. The van der Waals surface area contributed by atoms with Crippen molar-refractivity contribution >= 4 is 17.2 Å². The molecule has 1 aliphatic heterocycles. The van der Waals surface area contributed by atoms with Crippen molar-refractivity contribution in [1.29, 1.82) is 0 Å². The first-order valence-electron chi connectivity index (χ1n) is 8.75. The van der Waals surface area contributed by atoms with Crippen molar-refractivity contribution in [3.8, 4) is 11.5 Å². The fourth-order valence-electron chi connectivity index (χ4n) is 3.29. The lowest BCUT2D eigenvalue weighted by Gasteiger charge is -2.34. The van der Waals surface area contributed by atoms with Crippen molar-refractivity contribution in [1.82, 2.24) is 15.2 Å². The normalized spacial score (nSPS) is 18.0. The van der Waals surface area contributed by atoms with Gasteiger partial charge in [-0.15, -0.1) is 0 Å². The van der Waals surface area contributed by atoms with Crippen LogP contribution in [0, 0.1) is 6.92 Å². The third kappa shape index (κ3) is 3.57. The number of nitrogens with one attached hydrogen (secondary N) is 1. The molecule has 2 aromatic heterocycles. The molecule has 3 aromatic rings. The summed E-state index contributed by atoms with van der Waals surface area (Å²) in [6, 6.07) is 12.0. The second-order valence-corrected chi connectivity index (χ2v) is 7.28. The monoisotopic (exact) mass is 367 g/mol. The summed E-state index contributed by atoms with van der Waals surface area (Å²) in [4.78, 5) is 19.4. The molecule has 1 aromatic carbocycles. The Morgan fingerprint density at radius 2 is 2.15 bits per heavy atom. The van der Waals surface area contributed by atoms with Crippen LogP contribution in [-0.4, -0.2) is 34.9 Å². The fourth-order valence-corrected chi connectivity index (χ4v) is 3.92. The number of rotatable bonds is 5. The average molecular weight is 367 g/mol. The average Bonchev–Trinajstić information content (AvgIpc) is 3.29. The second-order valence-electron chi connectivity index (χ2n) is 6.50. The summed E-state index contributed by atoms with van der Waals surface area (Å²) in [5.74, 6) is 1.55. The van der Waals surface area contributed by atoms with Crippen molar-refractivity contribution < 1.29 is 9.21 Å². The highest BCUT2D eigenvalue weighted by atomic mass is 32.1. The number of nitrogens with zero attached hydrogens (tertiary/aromatic N) is 2. The number of carbonyl (C=O) groups excluding carboxylic acids is 1. The lowest BCUT2D eigenvalue weighted by Crippen LogP contribution is -2.55. The number of benzene rings is 1. The Morgan fingerprint density at radius 3 is 2.92 bits per heavy atom.